The normalized spacial score (nSPS) is 16.3. The van der Waals surface area contributed by atoms with Gasteiger partial charge in [-0.15, -0.1) is 0 Å². The maximum Gasteiger partial charge on any atom is 0.275 e. The third kappa shape index (κ3) is 6.07. The van der Waals surface area contributed by atoms with Gasteiger partial charge in [-0.2, -0.15) is 4.31 Å². The molecule has 0 bridgehead atoms. The summed E-state index contributed by atoms with van der Waals surface area (Å²) in [7, 11) is -3.52. The number of carbonyl (C=O) groups is 1. The highest BCUT2D eigenvalue weighted by atomic mass is 35.5. The zero-order valence-electron chi connectivity index (χ0n) is 18.3. The summed E-state index contributed by atoms with van der Waals surface area (Å²) in [6, 6.07) is 14.6. The molecule has 0 saturated carbocycles. The molecule has 1 aliphatic heterocycles. The van der Waals surface area contributed by atoms with Gasteiger partial charge in [-0.25, -0.2) is 8.42 Å². The molecule has 0 spiro atoms. The summed E-state index contributed by atoms with van der Waals surface area (Å²) in [5.41, 5.74) is 1.95. The minimum atomic E-state index is -3.52. The predicted octanol–water partition coefficient (Wildman–Crippen LogP) is 1.84. The van der Waals surface area contributed by atoms with E-state index in [4.69, 9.17) is 11.6 Å². The second-order valence-corrected chi connectivity index (χ2v) is 11.3. The van der Waals surface area contributed by atoms with Crippen molar-refractivity contribution in [2.45, 2.75) is 37.6 Å². The van der Waals surface area contributed by atoms with E-state index in [9.17, 15) is 13.2 Å². The van der Waals surface area contributed by atoms with Crippen LogP contribution in [0.3, 0.4) is 0 Å². The van der Waals surface area contributed by atoms with E-state index in [0.29, 0.717) is 49.2 Å². The number of nitrogens with one attached hydrogen (secondary N) is 2. The minimum Gasteiger partial charge on any atom is -0.347 e. The zero-order valence-corrected chi connectivity index (χ0v) is 19.9. The molecule has 168 valence electrons. The van der Waals surface area contributed by atoms with Crippen molar-refractivity contribution in [2.75, 3.05) is 32.7 Å². The SMILES string of the molecule is CC(C)(C)c1ccc(S(=O)(=O)N2CC[NH+](CC(=O)NCc3ccccc3Cl)CC2)cc1. The summed E-state index contributed by atoms with van der Waals surface area (Å²) in [6.45, 7) is 9.00. The van der Waals surface area contributed by atoms with Crippen molar-refractivity contribution >= 4 is 27.5 Å². The first-order valence-electron chi connectivity index (χ1n) is 10.5. The number of hydrogen-bond acceptors (Lipinski definition) is 3. The molecule has 2 N–H and O–H groups in total. The van der Waals surface area contributed by atoms with Gasteiger partial charge in [-0.05, 0) is 34.7 Å². The number of halogens is 1. The Kier molecular flexibility index (Phi) is 7.42. The van der Waals surface area contributed by atoms with Crippen molar-refractivity contribution in [2.24, 2.45) is 0 Å². The Morgan fingerprint density at radius 2 is 1.68 bits per heavy atom. The van der Waals surface area contributed by atoms with Gasteiger partial charge in [0, 0.05) is 11.6 Å². The molecule has 3 rings (SSSR count). The molecule has 2 aromatic carbocycles. The van der Waals surface area contributed by atoms with E-state index in [1.54, 1.807) is 18.2 Å². The van der Waals surface area contributed by atoms with Crippen LogP contribution in [-0.4, -0.2) is 51.4 Å². The summed E-state index contributed by atoms with van der Waals surface area (Å²) in [4.78, 5) is 13.7. The van der Waals surface area contributed by atoms with Crippen LogP contribution in [0.15, 0.2) is 53.4 Å². The highest BCUT2D eigenvalue weighted by Crippen LogP contribution is 2.24. The van der Waals surface area contributed by atoms with Gasteiger partial charge in [-0.3, -0.25) is 4.79 Å². The van der Waals surface area contributed by atoms with E-state index < -0.39 is 10.0 Å². The molecule has 1 fully saturated rings. The van der Waals surface area contributed by atoms with Crippen LogP contribution in [0.5, 0.6) is 0 Å². The van der Waals surface area contributed by atoms with Gasteiger partial charge in [0.05, 0.1) is 31.1 Å². The molecule has 0 radical (unpaired) electrons. The molecule has 1 saturated heterocycles. The van der Waals surface area contributed by atoms with E-state index in [-0.39, 0.29) is 11.3 Å². The smallest absolute Gasteiger partial charge is 0.275 e. The molecule has 0 aromatic heterocycles. The zero-order chi connectivity index (χ0) is 22.6. The van der Waals surface area contributed by atoms with Crippen molar-refractivity contribution in [3.05, 3.63) is 64.7 Å². The first kappa shape index (κ1) is 23.7. The third-order valence-electron chi connectivity index (χ3n) is 5.63. The number of hydrogen-bond donors (Lipinski definition) is 2. The van der Waals surface area contributed by atoms with Crippen LogP contribution >= 0.6 is 11.6 Å². The topological polar surface area (TPSA) is 70.9 Å². The van der Waals surface area contributed by atoms with Gasteiger partial charge in [0.15, 0.2) is 6.54 Å². The molecule has 0 aliphatic carbocycles. The molecular weight excluding hydrogens is 434 g/mol. The molecular formula is C23H31ClN3O3S+. The van der Waals surface area contributed by atoms with Crippen molar-refractivity contribution in [3.63, 3.8) is 0 Å². The Morgan fingerprint density at radius 3 is 2.26 bits per heavy atom. The van der Waals surface area contributed by atoms with Crippen LogP contribution in [0.4, 0.5) is 0 Å². The fourth-order valence-corrected chi connectivity index (χ4v) is 5.26. The molecule has 0 unspecified atom stereocenters. The van der Waals surface area contributed by atoms with Crippen LogP contribution in [0.1, 0.15) is 31.9 Å². The molecule has 6 nitrogen and oxygen atoms in total. The first-order chi connectivity index (χ1) is 14.6. The largest absolute Gasteiger partial charge is 0.347 e. The Balaban J connectivity index is 1.51. The Morgan fingerprint density at radius 1 is 1.06 bits per heavy atom. The van der Waals surface area contributed by atoms with E-state index in [1.807, 2.05) is 30.3 Å². The molecule has 2 aromatic rings. The fourth-order valence-electron chi connectivity index (χ4n) is 3.62. The number of benzene rings is 2. The molecule has 0 atom stereocenters. The van der Waals surface area contributed by atoms with E-state index in [2.05, 4.69) is 26.1 Å². The molecule has 1 amide bonds. The second kappa shape index (κ2) is 9.69. The van der Waals surface area contributed by atoms with Crippen LogP contribution in [0.2, 0.25) is 5.02 Å². The number of sulfonamides is 1. The lowest BCUT2D eigenvalue weighted by atomic mass is 9.87. The standard InChI is InChI=1S/C23H30ClN3O3S/c1-23(2,3)19-8-10-20(11-9-19)31(29,30)27-14-12-26(13-15-27)17-22(28)25-16-18-6-4-5-7-21(18)24/h4-11H,12-17H2,1-3H3,(H,25,28)/p+1. The summed E-state index contributed by atoms with van der Waals surface area (Å²) >= 11 is 6.12. The van der Waals surface area contributed by atoms with E-state index in [0.717, 1.165) is 16.0 Å². The first-order valence-corrected chi connectivity index (χ1v) is 12.3. The molecule has 8 heteroatoms. The van der Waals surface area contributed by atoms with Crippen LogP contribution in [0, 0.1) is 0 Å². The maximum atomic E-state index is 13.0. The van der Waals surface area contributed by atoms with Gasteiger partial charge < -0.3 is 10.2 Å². The Hall–Kier alpha value is -1.93. The number of rotatable bonds is 6. The third-order valence-corrected chi connectivity index (χ3v) is 7.91. The van der Waals surface area contributed by atoms with E-state index >= 15 is 0 Å². The highest BCUT2D eigenvalue weighted by molar-refractivity contribution is 7.89. The average molecular weight is 465 g/mol. The van der Waals surface area contributed by atoms with Crippen molar-refractivity contribution in [3.8, 4) is 0 Å². The number of piperazine rings is 1. The lowest BCUT2D eigenvalue weighted by Crippen LogP contribution is -3.15. The van der Waals surface area contributed by atoms with Gasteiger partial charge in [0.2, 0.25) is 10.0 Å². The maximum absolute atomic E-state index is 13.0. The van der Waals surface area contributed by atoms with Crippen molar-refractivity contribution < 1.29 is 18.1 Å². The van der Waals surface area contributed by atoms with Gasteiger partial charge >= 0.3 is 0 Å². The number of carbonyl (C=O) groups excluding carboxylic acids is 1. The lowest BCUT2D eigenvalue weighted by molar-refractivity contribution is -0.895. The highest BCUT2D eigenvalue weighted by Gasteiger charge is 2.31. The van der Waals surface area contributed by atoms with Gasteiger partial charge in [0.1, 0.15) is 0 Å². The van der Waals surface area contributed by atoms with Crippen molar-refractivity contribution in [1.29, 1.82) is 0 Å². The number of amides is 1. The average Bonchev–Trinajstić information content (AvgIpc) is 2.73. The Bertz CT molecular complexity index is 1010. The Labute approximate surface area is 190 Å². The molecule has 1 aliphatic rings. The predicted molar refractivity (Wildman–Crippen MR) is 123 cm³/mol. The fraction of sp³-hybridized carbons (Fsp3) is 0.435. The lowest BCUT2D eigenvalue weighted by Gasteiger charge is -2.31. The summed E-state index contributed by atoms with van der Waals surface area (Å²) in [5.74, 6) is -0.0657. The van der Waals surface area contributed by atoms with Crippen LogP contribution < -0.4 is 10.2 Å². The number of nitrogens with zero attached hydrogens (tertiary/aromatic N) is 1. The van der Waals surface area contributed by atoms with Crippen LogP contribution in [0.25, 0.3) is 0 Å². The van der Waals surface area contributed by atoms with Crippen molar-refractivity contribution in [1.82, 2.24) is 9.62 Å². The number of quaternary nitrogens is 1. The quantitative estimate of drug-likeness (QED) is 0.685. The van der Waals surface area contributed by atoms with Gasteiger partial charge in [0.25, 0.3) is 5.91 Å². The molecule has 1 heterocycles. The van der Waals surface area contributed by atoms with Gasteiger partial charge in [-0.1, -0.05) is 62.7 Å². The summed E-state index contributed by atoms with van der Waals surface area (Å²) in [6.07, 6.45) is 0. The summed E-state index contributed by atoms with van der Waals surface area (Å²) < 4.78 is 27.5. The van der Waals surface area contributed by atoms with Crippen LogP contribution in [-0.2, 0) is 26.8 Å². The van der Waals surface area contributed by atoms with E-state index in [1.165, 1.54) is 4.31 Å². The monoisotopic (exact) mass is 464 g/mol. The molecule has 31 heavy (non-hydrogen) atoms. The minimum absolute atomic E-state index is 0.0241. The second-order valence-electron chi connectivity index (χ2n) is 8.97. The summed E-state index contributed by atoms with van der Waals surface area (Å²) in [5, 5.41) is 3.52.